The van der Waals surface area contributed by atoms with Gasteiger partial charge >= 0.3 is 0 Å². The first-order valence-electron chi connectivity index (χ1n) is 9.70. The molecule has 26 heavy (non-hydrogen) atoms. The van der Waals surface area contributed by atoms with E-state index in [0.29, 0.717) is 17.6 Å². The normalized spacial score (nSPS) is 24.2. The summed E-state index contributed by atoms with van der Waals surface area (Å²) >= 11 is 0. The summed E-state index contributed by atoms with van der Waals surface area (Å²) in [6, 6.07) is 3.65. The molecule has 1 atom stereocenters. The topological polar surface area (TPSA) is 80.9 Å². The molecule has 0 spiro atoms. The third-order valence-corrected chi connectivity index (χ3v) is 5.59. The molecule has 0 radical (unpaired) electrons. The Morgan fingerprint density at radius 2 is 2.00 bits per heavy atom. The highest BCUT2D eigenvalue weighted by Gasteiger charge is 2.27. The number of hydrogen-bond acceptors (Lipinski definition) is 5. The Kier molecular flexibility index (Phi) is 4.74. The van der Waals surface area contributed by atoms with Crippen molar-refractivity contribution >= 4 is 5.91 Å². The van der Waals surface area contributed by atoms with Crippen LogP contribution in [0.2, 0.25) is 0 Å². The molecule has 2 aliphatic rings. The van der Waals surface area contributed by atoms with Crippen LogP contribution < -0.4 is 5.32 Å². The predicted molar refractivity (Wildman–Crippen MR) is 97.2 cm³/mol. The minimum atomic E-state index is -0.284. The van der Waals surface area contributed by atoms with Gasteiger partial charge in [-0.2, -0.15) is 4.98 Å². The molecule has 0 aliphatic heterocycles. The number of nitrogens with one attached hydrogen (secondary N) is 1. The van der Waals surface area contributed by atoms with Gasteiger partial charge in [0.25, 0.3) is 0 Å². The van der Waals surface area contributed by atoms with Gasteiger partial charge in [0, 0.05) is 29.3 Å². The summed E-state index contributed by atoms with van der Waals surface area (Å²) < 4.78 is 5.41. The molecule has 1 amide bonds. The van der Waals surface area contributed by atoms with Crippen LogP contribution in [0.1, 0.15) is 75.9 Å². The first kappa shape index (κ1) is 17.2. The highest BCUT2D eigenvalue weighted by molar-refractivity contribution is 5.79. The van der Waals surface area contributed by atoms with Gasteiger partial charge in [-0.1, -0.05) is 12.1 Å². The van der Waals surface area contributed by atoms with E-state index in [2.05, 4.69) is 27.4 Å². The minimum absolute atomic E-state index is 0.101. The minimum Gasteiger partial charge on any atom is -0.344 e. The summed E-state index contributed by atoms with van der Waals surface area (Å²) in [7, 11) is 0. The third-order valence-electron chi connectivity index (χ3n) is 5.59. The van der Waals surface area contributed by atoms with Gasteiger partial charge in [-0.05, 0) is 63.5 Å². The zero-order valence-corrected chi connectivity index (χ0v) is 15.4. The van der Waals surface area contributed by atoms with Crippen LogP contribution in [-0.2, 0) is 4.79 Å². The molecule has 138 valence electrons. The van der Waals surface area contributed by atoms with Gasteiger partial charge in [0.15, 0.2) is 0 Å². The highest BCUT2D eigenvalue weighted by Crippen LogP contribution is 2.39. The number of carbonyl (C=O) groups is 1. The molecule has 6 nitrogen and oxygen atoms in total. The zero-order chi connectivity index (χ0) is 18.1. The van der Waals surface area contributed by atoms with E-state index in [1.807, 2.05) is 19.1 Å². The molecule has 1 N–H and O–H groups in total. The van der Waals surface area contributed by atoms with Crippen LogP contribution in [0.4, 0.5) is 0 Å². The van der Waals surface area contributed by atoms with Crippen LogP contribution in [0.15, 0.2) is 22.9 Å². The molecule has 2 saturated carbocycles. The second-order valence-corrected chi connectivity index (χ2v) is 7.89. The Hall–Kier alpha value is -2.24. The lowest BCUT2D eigenvalue weighted by Crippen LogP contribution is -2.34. The summed E-state index contributed by atoms with van der Waals surface area (Å²) in [6.45, 7) is 4.15. The van der Waals surface area contributed by atoms with E-state index in [9.17, 15) is 4.79 Å². The molecule has 2 aromatic rings. The van der Waals surface area contributed by atoms with Gasteiger partial charge in [0.1, 0.15) is 6.04 Å². The van der Waals surface area contributed by atoms with E-state index in [1.54, 1.807) is 6.20 Å². The fraction of sp³-hybridized carbons (Fsp3) is 0.600. The summed E-state index contributed by atoms with van der Waals surface area (Å²) in [6.07, 6.45) is 8.40. The summed E-state index contributed by atoms with van der Waals surface area (Å²) in [5.41, 5.74) is 2.01. The number of carbonyl (C=O) groups excluding carboxylic acids is 1. The number of aromatic nitrogens is 3. The van der Waals surface area contributed by atoms with E-state index < -0.39 is 0 Å². The monoisotopic (exact) mass is 354 g/mol. The average molecular weight is 354 g/mol. The van der Waals surface area contributed by atoms with Crippen LogP contribution in [0.25, 0.3) is 11.4 Å². The summed E-state index contributed by atoms with van der Waals surface area (Å²) in [4.78, 5) is 21.4. The number of hydrogen-bond donors (Lipinski definition) is 1. The number of pyridine rings is 1. The molecule has 4 rings (SSSR count). The van der Waals surface area contributed by atoms with Crippen molar-refractivity contribution in [2.45, 2.75) is 64.3 Å². The standard InChI is InChI=1S/C20H26N4O2/c1-12-3-5-15(6-4-12)19(25)22-13(2)20-23-18(24-26-20)16-9-10-21-17(11-16)14-7-8-14/h9-15H,3-8H2,1-2H3,(H,22,25)/t12-,13-,15-/m0/s1. The van der Waals surface area contributed by atoms with Crippen molar-refractivity contribution in [3.8, 4) is 11.4 Å². The van der Waals surface area contributed by atoms with E-state index in [0.717, 1.165) is 42.9 Å². The molecule has 2 aliphatic carbocycles. The van der Waals surface area contributed by atoms with Crippen molar-refractivity contribution in [3.63, 3.8) is 0 Å². The van der Waals surface area contributed by atoms with Crippen molar-refractivity contribution in [1.29, 1.82) is 0 Å². The van der Waals surface area contributed by atoms with Crippen molar-refractivity contribution in [2.75, 3.05) is 0 Å². The lowest BCUT2D eigenvalue weighted by Gasteiger charge is -2.26. The molecule has 2 aromatic heterocycles. The summed E-state index contributed by atoms with van der Waals surface area (Å²) in [5.74, 6) is 2.52. The van der Waals surface area contributed by atoms with Gasteiger partial charge in [0.05, 0.1) is 0 Å². The lowest BCUT2D eigenvalue weighted by atomic mass is 9.82. The Morgan fingerprint density at radius 1 is 1.23 bits per heavy atom. The molecule has 6 heteroatoms. The van der Waals surface area contributed by atoms with Crippen molar-refractivity contribution in [1.82, 2.24) is 20.4 Å². The van der Waals surface area contributed by atoms with Crippen LogP contribution in [-0.4, -0.2) is 21.0 Å². The molecule has 2 heterocycles. The fourth-order valence-corrected chi connectivity index (χ4v) is 3.63. The molecule has 0 unspecified atom stereocenters. The second kappa shape index (κ2) is 7.17. The van der Waals surface area contributed by atoms with Crippen LogP contribution in [0.3, 0.4) is 0 Å². The quantitative estimate of drug-likeness (QED) is 0.877. The molecular weight excluding hydrogens is 328 g/mol. The van der Waals surface area contributed by atoms with Crippen molar-refractivity contribution in [2.24, 2.45) is 11.8 Å². The smallest absolute Gasteiger partial charge is 0.249 e. The maximum Gasteiger partial charge on any atom is 0.249 e. The Labute approximate surface area is 153 Å². The van der Waals surface area contributed by atoms with Gasteiger partial charge < -0.3 is 9.84 Å². The Balaban J connectivity index is 1.40. The van der Waals surface area contributed by atoms with Gasteiger partial charge in [-0.3, -0.25) is 9.78 Å². The van der Waals surface area contributed by atoms with Crippen LogP contribution in [0, 0.1) is 11.8 Å². The highest BCUT2D eigenvalue weighted by atomic mass is 16.5. The maximum absolute atomic E-state index is 12.5. The van der Waals surface area contributed by atoms with Gasteiger partial charge in [0.2, 0.25) is 17.6 Å². The average Bonchev–Trinajstić information content (AvgIpc) is 3.38. The molecule has 2 fully saturated rings. The fourth-order valence-electron chi connectivity index (χ4n) is 3.63. The van der Waals surface area contributed by atoms with Crippen molar-refractivity contribution in [3.05, 3.63) is 29.9 Å². The van der Waals surface area contributed by atoms with E-state index in [1.165, 1.54) is 12.8 Å². The summed E-state index contributed by atoms with van der Waals surface area (Å²) in [5, 5.41) is 7.13. The zero-order valence-electron chi connectivity index (χ0n) is 15.4. The predicted octanol–water partition coefficient (Wildman–Crippen LogP) is 4.01. The number of nitrogens with zero attached hydrogens (tertiary/aromatic N) is 3. The second-order valence-electron chi connectivity index (χ2n) is 7.89. The van der Waals surface area contributed by atoms with E-state index in [-0.39, 0.29) is 17.9 Å². The number of rotatable bonds is 5. The van der Waals surface area contributed by atoms with E-state index >= 15 is 0 Å². The molecule has 0 bridgehead atoms. The third kappa shape index (κ3) is 3.79. The first-order chi connectivity index (χ1) is 12.6. The SMILES string of the molecule is C[C@H](NC(=O)[C@H]1CC[C@H](C)CC1)c1nc(-c2ccnc(C3CC3)c2)no1. The Morgan fingerprint density at radius 3 is 2.73 bits per heavy atom. The molecule has 0 aromatic carbocycles. The Bertz CT molecular complexity index is 776. The lowest BCUT2D eigenvalue weighted by molar-refractivity contribution is -0.127. The molecular formula is C20H26N4O2. The largest absolute Gasteiger partial charge is 0.344 e. The van der Waals surface area contributed by atoms with Crippen LogP contribution >= 0.6 is 0 Å². The molecule has 0 saturated heterocycles. The first-order valence-corrected chi connectivity index (χ1v) is 9.70. The maximum atomic E-state index is 12.5. The van der Waals surface area contributed by atoms with E-state index in [4.69, 9.17) is 4.52 Å². The number of amides is 1. The van der Waals surface area contributed by atoms with Gasteiger partial charge in [-0.15, -0.1) is 0 Å². The van der Waals surface area contributed by atoms with Crippen LogP contribution in [0.5, 0.6) is 0 Å². The van der Waals surface area contributed by atoms with Crippen molar-refractivity contribution < 1.29 is 9.32 Å². The van der Waals surface area contributed by atoms with Gasteiger partial charge in [-0.25, -0.2) is 0 Å².